The van der Waals surface area contributed by atoms with Gasteiger partial charge in [-0.25, -0.2) is 0 Å². The molecule has 1 aliphatic rings. The Bertz CT molecular complexity index is 964. The lowest BCUT2D eigenvalue weighted by molar-refractivity contribution is 0.0790. The predicted octanol–water partition coefficient (Wildman–Crippen LogP) is 4.76. The van der Waals surface area contributed by atoms with E-state index in [9.17, 15) is 4.79 Å². The zero-order valence-electron chi connectivity index (χ0n) is 16.5. The first kappa shape index (κ1) is 18.5. The number of carbonyl (C=O) groups excluding carboxylic acids is 1. The zero-order valence-corrected chi connectivity index (χ0v) is 16.5. The molecule has 0 saturated carbocycles. The third kappa shape index (κ3) is 3.71. The number of carbonyl (C=O) groups is 1. The Morgan fingerprint density at radius 1 is 0.929 bits per heavy atom. The molecule has 1 saturated heterocycles. The molecule has 0 aliphatic carbocycles. The van der Waals surface area contributed by atoms with Gasteiger partial charge in [0.1, 0.15) is 0 Å². The number of hydrogen-bond acceptors (Lipinski definition) is 2. The fourth-order valence-corrected chi connectivity index (χ4v) is 3.88. The van der Waals surface area contributed by atoms with Crippen LogP contribution in [-0.2, 0) is 0 Å². The molecule has 0 spiro atoms. The molecule has 3 nitrogen and oxygen atoms in total. The van der Waals surface area contributed by atoms with E-state index >= 15 is 0 Å². The fraction of sp³-hybridized carbons (Fsp3) is 0.240. The van der Waals surface area contributed by atoms with Gasteiger partial charge in [-0.3, -0.25) is 4.79 Å². The van der Waals surface area contributed by atoms with E-state index in [1.54, 1.807) is 0 Å². The quantitative estimate of drug-likeness (QED) is 0.718. The van der Waals surface area contributed by atoms with Crippen molar-refractivity contribution in [2.24, 2.45) is 0 Å². The Labute approximate surface area is 167 Å². The van der Waals surface area contributed by atoms with E-state index < -0.39 is 0 Å². The molecule has 1 atom stereocenters. The first-order chi connectivity index (χ1) is 13.7. The van der Waals surface area contributed by atoms with Crippen molar-refractivity contribution in [2.45, 2.75) is 19.4 Å². The molecule has 1 amide bonds. The number of hydrogen-bond donors (Lipinski definition) is 1. The van der Waals surface area contributed by atoms with E-state index in [2.05, 4.69) is 60.8 Å². The van der Waals surface area contributed by atoms with Gasteiger partial charge in [-0.1, -0.05) is 66.2 Å². The minimum atomic E-state index is 0.116. The largest absolute Gasteiger partial charge is 0.337 e. The molecule has 142 valence electrons. The third-order valence-electron chi connectivity index (χ3n) is 5.60. The number of benzene rings is 3. The number of amides is 1. The average molecular weight is 370 g/mol. The first-order valence-electron chi connectivity index (χ1n) is 9.89. The van der Waals surface area contributed by atoms with E-state index in [1.807, 2.05) is 36.2 Å². The summed E-state index contributed by atoms with van der Waals surface area (Å²) in [6.45, 7) is 3.68. The van der Waals surface area contributed by atoms with Crippen LogP contribution in [-0.4, -0.2) is 37.0 Å². The van der Waals surface area contributed by atoms with Crippen LogP contribution < -0.4 is 5.32 Å². The standard InChI is InChI=1S/C25H26N2O/c1-18-8-10-20(11-9-18)23-13-12-21(16-24(23)19-6-4-3-5-7-19)25(28)27-15-14-22(17-27)26-2/h3-13,16,22,26H,14-15,17H2,1-2H3/t22-/m0/s1. The number of rotatable bonds is 4. The second-order valence-electron chi connectivity index (χ2n) is 7.52. The summed E-state index contributed by atoms with van der Waals surface area (Å²) >= 11 is 0. The molecule has 1 fully saturated rings. The Balaban J connectivity index is 1.75. The second kappa shape index (κ2) is 7.99. The Morgan fingerprint density at radius 2 is 1.64 bits per heavy atom. The van der Waals surface area contributed by atoms with Crippen molar-refractivity contribution >= 4 is 5.91 Å². The lowest BCUT2D eigenvalue weighted by atomic mass is 9.92. The maximum absolute atomic E-state index is 13.1. The van der Waals surface area contributed by atoms with Crippen LogP contribution in [0.1, 0.15) is 22.3 Å². The molecule has 0 radical (unpaired) electrons. The van der Waals surface area contributed by atoms with Crippen LogP contribution in [0, 0.1) is 6.92 Å². The van der Waals surface area contributed by atoms with Gasteiger partial charge in [0, 0.05) is 24.7 Å². The highest BCUT2D eigenvalue weighted by molar-refractivity contribution is 5.98. The van der Waals surface area contributed by atoms with E-state index in [0.717, 1.165) is 41.8 Å². The molecule has 3 heteroatoms. The Kier molecular flexibility index (Phi) is 5.27. The molecule has 4 rings (SSSR count). The van der Waals surface area contributed by atoms with E-state index in [1.165, 1.54) is 11.1 Å². The first-order valence-corrected chi connectivity index (χ1v) is 9.89. The molecule has 0 aromatic heterocycles. The average Bonchev–Trinajstić information content (AvgIpc) is 3.23. The fourth-order valence-electron chi connectivity index (χ4n) is 3.88. The number of aryl methyl sites for hydroxylation is 1. The van der Waals surface area contributed by atoms with Crippen molar-refractivity contribution in [3.8, 4) is 22.3 Å². The lowest BCUT2D eigenvalue weighted by Crippen LogP contribution is -2.33. The van der Waals surface area contributed by atoms with Crippen molar-refractivity contribution in [2.75, 3.05) is 20.1 Å². The highest BCUT2D eigenvalue weighted by Gasteiger charge is 2.26. The van der Waals surface area contributed by atoms with Crippen LogP contribution in [0.2, 0.25) is 0 Å². The van der Waals surface area contributed by atoms with Crippen molar-refractivity contribution < 1.29 is 4.79 Å². The van der Waals surface area contributed by atoms with Crippen LogP contribution in [0.25, 0.3) is 22.3 Å². The number of nitrogens with one attached hydrogen (secondary N) is 1. The maximum atomic E-state index is 13.1. The number of likely N-dealkylation sites (tertiary alicyclic amines) is 1. The molecule has 3 aromatic rings. The summed E-state index contributed by atoms with van der Waals surface area (Å²) in [6, 6.07) is 25.4. The second-order valence-corrected chi connectivity index (χ2v) is 7.52. The minimum Gasteiger partial charge on any atom is -0.337 e. The van der Waals surface area contributed by atoms with E-state index in [-0.39, 0.29) is 5.91 Å². The van der Waals surface area contributed by atoms with Crippen molar-refractivity contribution in [1.82, 2.24) is 10.2 Å². The molecule has 1 heterocycles. The van der Waals surface area contributed by atoms with Crippen LogP contribution in [0.15, 0.2) is 72.8 Å². The summed E-state index contributed by atoms with van der Waals surface area (Å²) in [6.07, 6.45) is 1.01. The third-order valence-corrected chi connectivity index (χ3v) is 5.60. The van der Waals surface area contributed by atoms with Crippen molar-refractivity contribution in [1.29, 1.82) is 0 Å². The maximum Gasteiger partial charge on any atom is 0.253 e. The molecular formula is C25H26N2O. The summed E-state index contributed by atoms with van der Waals surface area (Å²) in [5, 5.41) is 3.28. The van der Waals surface area contributed by atoms with Gasteiger partial charge in [0.05, 0.1) is 0 Å². The van der Waals surface area contributed by atoms with E-state index in [0.29, 0.717) is 6.04 Å². The lowest BCUT2D eigenvalue weighted by Gasteiger charge is -2.18. The molecule has 28 heavy (non-hydrogen) atoms. The SMILES string of the molecule is CN[C@H]1CCN(C(=O)c2ccc(-c3ccc(C)cc3)c(-c3ccccc3)c2)C1. The number of likely N-dealkylation sites (N-methyl/N-ethyl adjacent to an activating group) is 1. The van der Waals surface area contributed by atoms with Crippen LogP contribution in [0.4, 0.5) is 0 Å². The molecule has 0 bridgehead atoms. The Morgan fingerprint density at radius 3 is 2.32 bits per heavy atom. The topological polar surface area (TPSA) is 32.3 Å². The Hall–Kier alpha value is -2.91. The van der Waals surface area contributed by atoms with Gasteiger partial charge in [-0.15, -0.1) is 0 Å². The van der Waals surface area contributed by atoms with Crippen LogP contribution in [0.3, 0.4) is 0 Å². The van der Waals surface area contributed by atoms with E-state index in [4.69, 9.17) is 0 Å². The van der Waals surface area contributed by atoms with Gasteiger partial charge in [0.2, 0.25) is 0 Å². The summed E-state index contributed by atoms with van der Waals surface area (Å²) in [5.74, 6) is 0.116. The smallest absolute Gasteiger partial charge is 0.253 e. The normalized spacial score (nSPS) is 16.4. The van der Waals surface area contributed by atoms with Crippen LogP contribution in [0.5, 0.6) is 0 Å². The van der Waals surface area contributed by atoms with Crippen LogP contribution >= 0.6 is 0 Å². The van der Waals surface area contributed by atoms with Gasteiger partial charge in [0.15, 0.2) is 0 Å². The number of nitrogens with zero attached hydrogens (tertiary/aromatic N) is 1. The van der Waals surface area contributed by atoms with Gasteiger partial charge >= 0.3 is 0 Å². The van der Waals surface area contributed by atoms with Gasteiger partial charge in [-0.2, -0.15) is 0 Å². The monoisotopic (exact) mass is 370 g/mol. The highest BCUT2D eigenvalue weighted by atomic mass is 16.2. The van der Waals surface area contributed by atoms with Gasteiger partial charge < -0.3 is 10.2 Å². The molecule has 0 unspecified atom stereocenters. The molecule has 3 aromatic carbocycles. The summed E-state index contributed by atoms with van der Waals surface area (Å²) in [4.78, 5) is 15.0. The predicted molar refractivity (Wildman–Crippen MR) is 115 cm³/mol. The van der Waals surface area contributed by atoms with Crippen molar-refractivity contribution in [3.05, 3.63) is 83.9 Å². The zero-order chi connectivity index (χ0) is 19.5. The van der Waals surface area contributed by atoms with Gasteiger partial charge in [0.25, 0.3) is 5.91 Å². The van der Waals surface area contributed by atoms with Gasteiger partial charge in [-0.05, 0) is 54.8 Å². The molecule has 1 aliphatic heterocycles. The minimum absolute atomic E-state index is 0.116. The molecular weight excluding hydrogens is 344 g/mol. The highest BCUT2D eigenvalue weighted by Crippen LogP contribution is 2.33. The van der Waals surface area contributed by atoms with Crippen molar-refractivity contribution in [3.63, 3.8) is 0 Å². The summed E-state index contributed by atoms with van der Waals surface area (Å²) < 4.78 is 0. The molecule has 1 N–H and O–H groups in total. The summed E-state index contributed by atoms with van der Waals surface area (Å²) in [5.41, 5.74) is 6.54. The summed E-state index contributed by atoms with van der Waals surface area (Å²) in [7, 11) is 1.96.